The number of ether oxygens (including phenoxy) is 1. The van der Waals surface area contributed by atoms with E-state index in [-0.39, 0.29) is 11.7 Å². The van der Waals surface area contributed by atoms with Crippen LogP contribution in [-0.4, -0.2) is 37.2 Å². The van der Waals surface area contributed by atoms with Crippen molar-refractivity contribution >= 4 is 28.7 Å². The monoisotopic (exact) mass is 392 g/mol. The number of hydrogen-bond donors (Lipinski definition) is 2. The summed E-state index contributed by atoms with van der Waals surface area (Å²) in [6.07, 6.45) is 3.17. The van der Waals surface area contributed by atoms with Gasteiger partial charge in [-0.25, -0.2) is 4.39 Å². The van der Waals surface area contributed by atoms with Crippen LogP contribution in [0.5, 0.6) is 0 Å². The van der Waals surface area contributed by atoms with E-state index in [4.69, 9.17) is 4.74 Å². The average Bonchev–Trinajstić information content (AvgIpc) is 2.76. The molecular weight excluding hydrogens is 371 g/mol. The fourth-order valence-electron chi connectivity index (χ4n) is 3.18. The lowest BCUT2D eigenvalue weighted by atomic mass is 10.2. The Morgan fingerprint density at radius 2 is 1.76 bits per heavy atom. The lowest BCUT2D eigenvalue weighted by Crippen LogP contribution is -2.36. The molecule has 0 aliphatic carbocycles. The van der Waals surface area contributed by atoms with E-state index >= 15 is 0 Å². The summed E-state index contributed by atoms with van der Waals surface area (Å²) < 4.78 is 18.5. The van der Waals surface area contributed by atoms with Gasteiger partial charge >= 0.3 is 0 Å². The number of carbonyl (C=O) groups is 1. The summed E-state index contributed by atoms with van der Waals surface area (Å²) >= 11 is 0. The Labute approximate surface area is 168 Å². The van der Waals surface area contributed by atoms with Crippen LogP contribution in [0.2, 0.25) is 0 Å². The maximum atomic E-state index is 13.0. The highest BCUT2D eigenvalue weighted by atomic mass is 19.1. The van der Waals surface area contributed by atoms with Gasteiger partial charge in [0, 0.05) is 25.0 Å². The summed E-state index contributed by atoms with van der Waals surface area (Å²) in [6.45, 7) is 3.07. The van der Waals surface area contributed by atoms with Crippen LogP contribution < -0.4 is 15.5 Å². The largest absolute Gasteiger partial charge is 0.378 e. The van der Waals surface area contributed by atoms with E-state index < -0.39 is 0 Å². The van der Waals surface area contributed by atoms with Crippen molar-refractivity contribution in [3.8, 4) is 0 Å². The summed E-state index contributed by atoms with van der Waals surface area (Å²) in [4.78, 5) is 19.0. The van der Waals surface area contributed by atoms with Crippen LogP contribution in [0.4, 0.5) is 27.1 Å². The molecule has 7 heteroatoms. The molecule has 1 amide bonds. The quantitative estimate of drug-likeness (QED) is 0.686. The predicted octanol–water partition coefficient (Wildman–Crippen LogP) is 4.05. The number of hydrogen-bond acceptors (Lipinski definition) is 5. The van der Waals surface area contributed by atoms with E-state index in [0.29, 0.717) is 30.2 Å². The Kier molecular flexibility index (Phi) is 5.67. The van der Waals surface area contributed by atoms with Gasteiger partial charge in [0.1, 0.15) is 5.82 Å². The summed E-state index contributed by atoms with van der Waals surface area (Å²) in [7, 11) is 0. The molecule has 0 bridgehead atoms. The van der Waals surface area contributed by atoms with Gasteiger partial charge in [-0.15, -0.1) is 0 Å². The molecule has 2 heterocycles. The molecule has 1 aliphatic rings. The molecule has 2 aromatic carbocycles. The number of amides is 1. The Morgan fingerprint density at radius 1 is 1.00 bits per heavy atom. The number of nitrogens with zero attached hydrogens (tertiary/aromatic N) is 2. The molecule has 0 atom stereocenters. The average molecular weight is 392 g/mol. The zero-order valence-corrected chi connectivity index (χ0v) is 15.8. The van der Waals surface area contributed by atoms with Crippen LogP contribution in [0.3, 0.4) is 0 Å². The molecule has 0 unspecified atom stereocenters. The first-order valence-electron chi connectivity index (χ1n) is 9.40. The fourth-order valence-corrected chi connectivity index (χ4v) is 3.18. The third-order valence-electron chi connectivity index (χ3n) is 4.64. The SMILES string of the molecule is O=C(Nc1ccc(F)cc1)c1cncc(Nc2ccccc2N2CCOCC2)c1. The lowest BCUT2D eigenvalue weighted by molar-refractivity contribution is 0.102. The third kappa shape index (κ3) is 4.70. The summed E-state index contributed by atoms with van der Waals surface area (Å²) in [5, 5.41) is 6.11. The minimum atomic E-state index is -0.352. The number of rotatable bonds is 5. The zero-order valence-electron chi connectivity index (χ0n) is 15.8. The Bertz CT molecular complexity index is 988. The Hall–Kier alpha value is -3.45. The summed E-state index contributed by atoms with van der Waals surface area (Å²) in [6, 6.07) is 15.4. The van der Waals surface area contributed by atoms with Crippen LogP contribution in [-0.2, 0) is 4.74 Å². The molecule has 0 spiro atoms. The van der Waals surface area contributed by atoms with Gasteiger partial charge < -0.3 is 20.3 Å². The standard InChI is InChI=1S/C22H21FN4O2/c23-17-5-7-18(8-6-17)26-22(28)16-13-19(15-24-14-16)25-20-3-1-2-4-21(20)27-9-11-29-12-10-27/h1-8,13-15,25H,9-12H2,(H,26,28). The second-order valence-electron chi connectivity index (χ2n) is 6.66. The number of pyridine rings is 1. The van der Waals surface area contributed by atoms with Crippen LogP contribution in [0, 0.1) is 5.82 Å². The summed E-state index contributed by atoms with van der Waals surface area (Å²) in [5.41, 5.74) is 3.65. The van der Waals surface area contributed by atoms with Crippen molar-refractivity contribution in [2.24, 2.45) is 0 Å². The summed E-state index contributed by atoms with van der Waals surface area (Å²) in [5.74, 6) is -0.663. The molecule has 1 aromatic heterocycles. The maximum absolute atomic E-state index is 13.0. The molecule has 2 N–H and O–H groups in total. The van der Waals surface area contributed by atoms with Gasteiger partial charge in [-0.1, -0.05) is 12.1 Å². The van der Waals surface area contributed by atoms with Crippen LogP contribution in [0.1, 0.15) is 10.4 Å². The smallest absolute Gasteiger partial charge is 0.257 e. The minimum absolute atomic E-state index is 0.311. The Balaban J connectivity index is 1.51. The Morgan fingerprint density at radius 3 is 2.55 bits per heavy atom. The first kappa shape index (κ1) is 18.9. The van der Waals surface area contributed by atoms with Crippen molar-refractivity contribution in [3.63, 3.8) is 0 Å². The number of para-hydroxylation sites is 2. The molecular formula is C22H21FN4O2. The highest BCUT2D eigenvalue weighted by Gasteiger charge is 2.15. The first-order chi connectivity index (χ1) is 14.2. The van der Waals surface area contributed by atoms with Gasteiger partial charge in [-0.2, -0.15) is 0 Å². The van der Waals surface area contributed by atoms with Crippen molar-refractivity contribution in [3.05, 3.63) is 78.4 Å². The normalized spacial score (nSPS) is 13.8. The van der Waals surface area contributed by atoms with Crippen molar-refractivity contribution in [1.82, 2.24) is 4.98 Å². The topological polar surface area (TPSA) is 66.5 Å². The second-order valence-corrected chi connectivity index (χ2v) is 6.66. The second kappa shape index (κ2) is 8.70. The van der Waals surface area contributed by atoms with Gasteiger partial charge in [-0.05, 0) is 42.5 Å². The van der Waals surface area contributed by atoms with Gasteiger partial charge in [0.05, 0.1) is 42.0 Å². The van der Waals surface area contributed by atoms with Gasteiger partial charge in [-0.3, -0.25) is 9.78 Å². The number of morpholine rings is 1. The van der Waals surface area contributed by atoms with Crippen LogP contribution in [0.15, 0.2) is 67.0 Å². The molecule has 1 fully saturated rings. The van der Waals surface area contributed by atoms with E-state index in [0.717, 1.165) is 24.5 Å². The van der Waals surface area contributed by atoms with E-state index in [1.807, 2.05) is 18.2 Å². The first-order valence-corrected chi connectivity index (χ1v) is 9.40. The van der Waals surface area contributed by atoms with E-state index in [9.17, 15) is 9.18 Å². The molecule has 29 heavy (non-hydrogen) atoms. The van der Waals surface area contributed by atoms with Gasteiger partial charge in [0.2, 0.25) is 0 Å². The number of benzene rings is 2. The van der Waals surface area contributed by atoms with Crippen molar-refractivity contribution < 1.29 is 13.9 Å². The molecule has 1 saturated heterocycles. The highest BCUT2D eigenvalue weighted by Crippen LogP contribution is 2.29. The molecule has 6 nitrogen and oxygen atoms in total. The lowest BCUT2D eigenvalue weighted by Gasteiger charge is -2.30. The molecule has 3 aromatic rings. The van der Waals surface area contributed by atoms with Crippen molar-refractivity contribution in [2.75, 3.05) is 41.8 Å². The molecule has 0 radical (unpaired) electrons. The van der Waals surface area contributed by atoms with Gasteiger partial charge in [0.15, 0.2) is 0 Å². The number of nitrogens with one attached hydrogen (secondary N) is 2. The number of halogens is 1. The third-order valence-corrected chi connectivity index (χ3v) is 4.64. The van der Waals surface area contributed by atoms with E-state index in [1.165, 1.54) is 30.5 Å². The maximum Gasteiger partial charge on any atom is 0.257 e. The molecule has 148 valence electrons. The van der Waals surface area contributed by atoms with Gasteiger partial charge in [0.25, 0.3) is 5.91 Å². The minimum Gasteiger partial charge on any atom is -0.378 e. The van der Waals surface area contributed by atoms with Crippen LogP contribution in [0.25, 0.3) is 0 Å². The van der Waals surface area contributed by atoms with E-state index in [2.05, 4.69) is 26.6 Å². The van der Waals surface area contributed by atoms with E-state index in [1.54, 1.807) is 12.3 Å². The number of carbonyl (C=O) groups excluding carboxylic acids is 1. The number of aromatic nitrogens is 1. The highest BCUT2D eigenvalue weighted by molar-refractivity contribution is 6.04. The molecule has 4 rings (SSSR count). The predicted molar refractivity (Wildman–Crippen MR) is 111 cm³/mol. The number of anilines is 4. The van der Waals surface area contributed by atoms with Crippen molar-refractivity contribution in [1.29, 1.82) is 0 Å². The molecule has 1 aliphatic heterocycles. The zero-order chi connectivity index (χ0) is 20.1. The fraction of sp³-hybridized carbons (Fsp3) is 0.182. The van der Waals surface area contributed by atoms with Crippen molar-refractivity contribution in [2.45, 2.75) is 0 Å². The molecule has 0 saturated carbocycles. The van der Waals surface area contributed by atoms with Crippen LogP contribution >= 0.6 is 0 Å².